The van der Waals surface area contributed by atoms with E-state index in [1.165, 1.54) is 13.4 Å². The van der Waals surface area contributed by atoms with Crippen LogP contribution in [0, 0.1) is 5.92 Å². The molecule has 0 bridgehead atoms. The first kappa shape index (κ1) is 15.7. The molecule has 8 nitrogen and oxygen atoms in total. The van der Waals surface area contributed by atoms with Crippen molar-refractivity contribution in [1.82, 2.24) is 19.6 Å². The van der Waals surface area contributed by atoms with E-state index < -0.39 is 12.1 Å². The van der Waals surface area contributed by atoms with Gasteiger partial charge in [-0.05, 0) is 25.2 Å². The van der Waals surface area contributed by atoms with Crippen molar-refractivity contribution in [3.63, 3.8) is 0 Å². The highest BCUT2D eigenvalue weighted by Gasteiger charge is 2.31. The van der Waals surface area contributed by atoms with Gasteiger partial charge in [0.15, 0.2) is 6.10 Å². The van der Waals surface area contributed by atoms with Crippen molar-refractivity contribution in [2.24, 2.45) is 5.92 Å². The fraction of sp³-hybridized carbons (Fsp3) is 0.600. The van der Waals surface area contributed by atoms with Gasteiger partial charge < -0.3 is 14.7 Å². The Balaban J connectivity index is 1.77. The van der Waals surface area contributed by atoms with Crippen LogP contribution in [-0.2, 0) is 16.0 Å². The Bertz CT molecular complexity index is 693. The number of nitrogens with zero attached hydrogens (tertiary/aromatic N) is 5. The van der Waals surface area contributed by atoms with Gasteiger partial charge in [-0.3, -0.25) is 0 Å². The van der Waals surface area contributed by atoms with Crippen LogP contribution in [0.1, 0.15) is 25.5 Å². The first-order valence-corrected chi connectivity index (χ1v) is 7.84. The summed E-state index contributed by atoms with van der Waals surface area (Å²) in [6.45, 7) is 3.53. The lowest BCUT2D eigenvalue weighted by molar-refractivity contribution is -0.153. The van der Waals surface area contributed by atoms with Gasteiger partial charge in [0.25, 0.3) is 5.78 Å². The lowest BCUT2D eigenvalue weighted by Gasteiger charge is -2.34. The largest absolute Gasteiger partial charge is 0.467 e. The number of ether oxygens (including phenoxy) is 1. The number of fused-ring (bicyclic) bond motifs is 1. The van der Waals surface area contributed by atoms with E-state index in [2.05, 4.69) is 31.6 Å². The van der Waals surface area contributed by atoms with E-state index in [4.69, 9.17) is 0 Å². The lowest BCUT2D eigenvalue weighted by Crippen LogP contribution is -2.41. The second-order valence-electron chi connectivity index (χ2n) is 5.72. The van der Waals surface area contributed by atoms with Gasteiger partial charge in [0.2, 0.25) is 0 Å². The summed E-state index contributed by atoms with van der Waals surface area (Å²) in [7, 11) is 1.30. The molecule has 23 heavy (non-hydrogen) atoms. The number of esters is 1. The molecule has 0 aliphatic carbocycles. The summed E-state index contributed by atoms with van der Waals surface area (Å²) in [5.41, 5.74) is 0.970. The summed E-state index contributed by atoms with van der Waals surface area (Å²) in [5, 5.41) is 14.2. The summed E-state index contributed by atoms with van der Waals surface area (Å²) < 4.78 is 6.35. The molecule has 8 heteroatoms. The maximum Gasteiger partial charge on any atom is 0.334 e. The number of hydrogen-bond donors (Lipinski definition) is 1. The van der Waals surface area contributed by atoms with E-state index >= 15 is 0 Å². The molecule has 0 radical (unpaired) electrons. The number of anilines is 1. The Labute approximate surface area is 134 Å². The van der Waals surface area contributed by atoms with E-state index in [0.29, 0.717) is 5.78 Å². The zero-order chi connectivity index (χ0) is 16.4. The third-order valence-electron chi connectivity index (χ3n) is 4.40. The van der Waals surface area contributed by atoms with Gasteiger partial charge in [0, 0.05) is 24.8 Å². The molecule has 1 fully saturated rings. The van der Waals surface area contributed by atoms with Crippen LogP contribution in [0.5, 0.6) is 0 Å². The molecule has 1 aliphatic rings. The minimum atomic E-state index is -1.04. The van der Waals surface area contributed by atoms with Gasteiger partial charge in [0.1, 0.15) is 12.1 Å². The van der Waals surface area contributed by atoms with Gasteiger partial charge in [-0.2, -0.15) is 14.6 Å². The predicted octanol–water partition coefficient (Wildman–Crippen LogP) is 0.437. The fourth-order valence-electron chi connectivity index (χ4n) is 3.01. The average molecular weight is 319 g/mol. The first-order valence-electron chi connectivity index (χ1n) is 7.84. The van der Waals surface area contributed by atoms with Gasteiger partial charge in [-0.1, -0.05) is 6.92 Å². The van der Waals surface area contributed by atoms with Crippen molar-refractivity contribution in [2.45, 2.75) is 32.3 Å². The molecule has 2 aromatic rings. The third kappa shape index (κ3) is 2.98. The Kier molecular flexibility index (Phi) is 4.42. The van der Waals surface area contributed by atoms with Crippen molar-refractivity contribution in [3.05, 3.63) is 18.1 Å². The molecule has 1 saturated heterocycles. The molecule has 1 atom stereocenters. The number of methoxy groups -OCH3 is 1. The zero-order valence-electron chi connectivity index (χ0n) is 13.3. The minimum absolute atomic E-state index is 0.0718. The molecule has 1 unspecified atom stereocenters. The monoisotopic (exact) mass is 319 g/mol. The minimum Gasteiger partial charge on any atom is -0.467 e. The maximum absolute atomic E-state index is 11.5. The molecule has 0 spiro atoms. The third-order valence-corrected chi connectivity index (χ3v) is 4.40. The second kappa shape index (κ2) is 6.49. The zero-order valence-corrected chi connectivity index (χ0v) is 13.3. The first-order chi connectivity index (χ1) is 11.1. The van der Waals surface area contributed by atoms with Crippen molar-refractivity contribution < 1.29 is 14.6 Å². The number of aliphatic hydroxyl groups excluding tert-OH is 1. The summed E-state index contributed by atoms with van der Waals surface area (Å²) in [4.78, 5) is 22.3. The van der Waals surface area contributed by atoms with Crippen LogP contribution in [0.4, 0.5) is 5.82 Å². The van der Waals surface area contributed by atoms with Crippen molar-refractivity contribution >= 4 is 17.6 Å². The van der Waals surface area contributed by atoms with E-state index in [1.807, 2.05) is 6.07 Å². The maximum atomic E-state index is 11.5. The van der Waals surface area contributed by atoms with Gasteiger partial charge in [-0.25, -0.2) is 9.78 Å². The average Bonchev–Trinajstić information content (AvgIpc) is 3.08. The van der Waals surface area contributed by atoms with Crippen LogP contribution in [0.2, 0.25) is 0 Å². The van der Waals surface area contributed by atoms with Crippen molar-refractivity contribution in [3.8, 4) is 0 Å². The van der Waals surface area contributed by atoms with Crippen LogP contribution < -0.4 is 4.90 Å². The van der Waals surface area contributed by atoms with Crippen LogP contribution in [0.3, 0.4) is 0 Å². The smallest absolute Gasteiger partial charge is 0.334 e. The highest BCUT2D eigenvalue weighted by Crippen LogP contribution is 2.26. The lowest BCUT2D eigenvalue weighted by atomic mass is 9.91. The van der Waals surface area contributed by atoms with Gasteiger partial charge in [-0.15, -0.1) is 0 Å². The number of hydrogen-bond acceptors (Lipinski definition) is 7. The highest BCUT2D eigenvalue weighted by molar-refractivity contribution is 5.74. The molecule has 0 amide bonds. The molecule has 3 heterocycles. The van der Waals surface area contributed by atoms with E-state index in [0.717, 1.165) is 43.9 Å². The van der Waals surface area contributed by atoms with Crippen molar-refractivity contribution in [1.29, 1.82) is 0 Å². The summed E-state index contributed by atoms with van der Waals surface area (Å²) >= 11 is 0. The summed E-state index contributed by atoms with van der Waals surface area (Å²) in [6, 6.07) is 2.03. The standard InChI is InChI=1S/C15H21N5O3/c1-3-11-8-12(20-15(18-11)16-9-17-20)19-6-4-10(5-7-19)13(21)14(22)23-2/h8-10,13,21H,3-7H2,1-2H3. The van der Waals surface area contributed by atoms with E-state index in [-0.39, 0.29) is 5.92 Å². The Hall–Kier alpha value is -2.22. The van der Waals surface area contributed by atoms with Crippen LogP contribution in [-0.4, -0.2) is 57.0 Å². The highest BCUT2D eigenvalue weighted by atomic mass is 16.5. The Morgan fingerprint density at radius 2 is 2.22 bits per heavy atom. The number of aliphatic hydroxyl groups is 1. The van der Waals surface area contributed by atoms with Crippen LogP contribution >= 0.6 is 0 Å². The van der Waals surface area contributed by atoms with E-state index in [9.17, 15) is 9.90 Å². The molecular weight excluding hydrogens is 298 g/mol. The number of carbonyl (C=O) groups excluding carboxylic acids is 1. The number of rotatable bonds is 4. The molecule has 0 aromatic carbocycles. The number of piperidine rings is 1. The normalized spacial score (nSPS) is 17.4. The quantitative estimate of drug-likeness (QED) is 0.817. The predicted molar refractivity (Wildman–Crippen MR) is 83.1 cm³/mol. The Morgan fingerprint density at radius 1 is 1.48 bits per heavy atom. The molecule has 0 saturated carbocycles. The van der Waals surface area contributed by atoms with Gasteiger partial charge in [0.05, 0.1) is 7.11 Å². The number of aryl methyl sites for hydroxylation is 1. The molecular formula is C15H21N5O3. The molecule has 1 aliphatic heterocycles. The van der Waals surface area contributed by atoms with E-state index in [1.54, 1.807) is 4.52 Å². The Morgan fingerprint density at radius 3 is 2.87 bits per heavy atom. The number of aromatic nitrogens is 4. The SMILES string of the molecule is CCc1cc(N2CCC(C(O)C(=O)OC)CC2)n2ncnc2n1. The van der Waals surface area contributed by atoms with Crippen LogP contribution in [0.25, 0.3) is 5.78 Å². The topological polar surface area (TPSA) is 92.8 Å². The molecule has 3 rings (SSSR count). The van der Waals surface area contributed by atoms with Crippen LogP contribution in [0.15, 0.2) is 12.4 Å². The molecule has 124 valence electrons. The summed E-state index contributed by atoms with van der Waals surface area (Å²) in [6.07, 6.45) is 2.72. The molecule has 1 N–H and O–H groups in total. The van der Waals surface area contributed by atoms with Crippen molar-refractivity contribution in [2.75, 3.05) is 25.1 Å². The van der Waals surface area contributed by atoms with Gasteiger partial charge >= 0.3 is 5.97 Å². The number of carbonyl (C=O) groups is 1. The molecule has 2 aromatic heterocycles. The summed E-state index contributed by atoms with van der Waals surface area (Å²) in [5.74, 6) is 0.920. The second-order valence-corrected chi connectivity index (χ2v) is 5.72. The fourth-order valence-corrected chi connectivity index (χ4v) is 3.01.